The molecule has 26 heavy (non-hydrogen) atoms. The van der Waals surface area contributed by atoms with Gasteiger partial charge in [-0.1, -0.05) is 48.5 Å². The Morgan fingerprint density at radius 1 is 1.12 bits per heavy atom. The lowest BCUT2D eigenvalue weighted by molar-refractivity contribution is -0.0678. The molecule has 142 valence electrons. The third-order valence-corrected chi connectivity index (χ3v) is 4.76. The Kier molecular flexibility index (Phi) is 7.07. The normalized spacial score (nSPS) is 21.8. The largest absolute Gasteiger partial charge is 0.485 e. The van der Waals surface area contributed by atoms with Crippen LogP contribution in [0.5, 0.6) is 5.75 Å². The Morgan fingerprint density at radius 2 is 1.77 bits per heavy atom. The molecule has 0 aromatic heterocycles. The second kappa shape index (κ2) is 8.87. The zero-order valence-corrected chi connectivity index (χ0v) is 16.3. The van der Waals surface area contributed by atoms with Crippen LogP contribution in [0.15, 0.2) is 54.6 Å². The Bertz CT molecular complexity index is 693. The number of nitrogens with one attached hydrogen (secondary N) is 1. The molecule has 4 nitrogen and oxygen atoms in total. The van der Waals surface area contributed by atoms with Gasteiger partial charge in [-0.15, -0.1) is 12.4 Å². The topological polar surface area (TPSA) is 50.7 Å². The maximum absolute atomic E-state index is 10.9. The molecule has 1 aliphatic heterocycles. The molecule has 2 aromatic rings. The number of hydrogen-bond donors (Lipinski definition) is 2. The summed E-state index contributed by atoms with van der Waals surface area (Å²) in [4.78, 5) is 0. The summed E-state index contributed by atoms with van der Waals surface area (Å²) in [5.41, 5.74) is 1.57. The molecule has 0 aliphatic carbocycles. The van der Waals surface area contributed by atoms with E-state index in [4.69, 9.17) is 9.47 Å². The number of hydrogen-bond acceptors (Lipinski definition) is 4. The summed E-state index contributed by atoms with van der Waals surface area (Å²) in [6.07, 6.45) is 0.180. The van der Waals surface area contributed by atoms with Gasteiger partial charge in [0.1, 0.15) is 17.5 Å². The second-order valence-corrected chi connectivity index (χ2v) is 7.17. The van der Waals surface area contributed by atoms with Crippen LogP contribution >= 0.6 is 12.4 Å². The highest BCUT2D eigenvalue weighted by atomic mass is 35.5. The van der Waals surface area contributed by atoms with Crippen LogP contribution in [0.4, 0.5) is 0 Å². The average molecular weight is 378 g/mol. The van der Waals surface area contributed by atoms with E-state index in [9.17, 15) is 5.11 Å². The molecule has 0 amide bonds. The Balaban J connectivity index is 0.00000243. The van der Waals surface area contributed by atoms with E-state index in [0.29, 0.717) is 6.61 Å². The fourth-order valence-corrected chi connectivity index (χ4v) is 3.45. The lowest BCUT2D eigenvalue weighted by atomic mass is 9.86. The monoisotopic (exact) mass is 377 g/mol. The molecule has 1 heterocycles. The quantitative estimate of drug-likeness (QED) is 0.808. The Morgan fingerprint density at radius 3 is 2.46 bits per heavy atom. The Labute approximate surface area is 161 Å². The van der Waals surface area contributed by atoms with E-state index >= 15 is 0 Å². The molecule has 2 aromatic carbocycles. The number of aliphatic hydroxyl groups excluding tert-OH is 1. The van der Waals surface area contributed by atoms with Gasteiger partial charge in [-0.25, -0.2) is 0 Å². The van der Waals surface area contributed by atoms with E-state index in [1.807, 2.05) is 56.3 Å². The predicted molar refractivity (Wildman–Crippen MR) is 106 cm³/mol. The van der Waals surface area contributed by atoms with Gasteiger partial charge in [0.05, 0.1) is 12.6 Å². The summed E-state index contributed by atoms with van der Waals surface area (Å²) in [6, 6.07) is 18.1. The predicted octanol–water partition coefficient (Wildman–Crippen LogP) is 3.53. The standard InChI is InChI=1S/C21H27NO3.ClH/c1-21(2)20(23)19(17-11-7-8-12-18(17)25-21)22-16(14-24-3)13-15-9-5-4-6-10-15;/h4-12,16,19-20,22-23H,13-14H2,1-3H3;1H. The van der Waals surface area contributed by atoms with Crippen LogP contribution in [0.2, 0.25) is 0 Å². The SMILES string of the molecule is COCC(Cc1ccccc1)NC1c2ccccc2OC(C)(C)C1O.Cl. The van der Waals surface area contributed by atoms with E-state index in [1.54, 1.807) is 7.11 Å². The van der Waals surface area contributed by atoms with Crippen LogP contribution < -0.4 is 10.1 Å². The summed E-state index contributed by atoms with van der Waals surface area (Å²) in [7, 11) is 1.71. The number of fused-ring (bicyclic) bond motifs is 1. The maximum Gasteiger partial charge on any atom is 0.131 e. The van der Waals surface area contributed by atoms with Gasteiger partial charge in [0, 0.05) is 18.7 Å². The van der Waals surface area contributed by atoms with Gasteiger partial charge in [-0.05, 0) is 31.9 Å². The second-order valence-electron chi connectivity index (χ2n) is 7.17. The van der Waals surface area contributed by atoms with Crippen molar-refractivity contribution in [1.82, 2.24) is 5.32 Å². The van der Waals surface area contributed by atoms with Crippen molar-refractivity contribution in [2.75, 3.05) is 13.7 Å². The molecule has 1 aliphatic rings. The van der Waals surface area contributed by atoms with Crippen LogP contribution in [0.3, 0.4) is 0 Å². The lowest BCUT2D eigenvalue weighted by Crippen LogP contribution is -2.55. The molecule has 0 spiro atoms. The molecule has 0 saturated carbocycles. The third kappa shape index (κ3) is 4.57. The van der Waals surface area contributed by atoms with Crippen molar-refractivity contribution in [3.63, 3.8) is 0 Å². The number of rotatable bonds is 6. The van der Waals surface area contributed by atoms with Crippen molar-refractivity contribution in [3.05, 3.63) is 65.7 Å². The first-order valence-corrected chi connectivity index (χ1v) is 8.76. The van der Waals surface area contributed by atoms with Crippen molar-refractivity contribution in [1.29, 1.82) is 0 Å². The van der Waals surface area contributed by atoms with Gasteiger partial charge in [0.25, 0.3) is 0 Å². The highest BCUT2D eigenvalue weighted by molar-refractivity contribution is 5.85. The fraction of sp³-hybridized carbons (Fsp3) is 0.429. The fourth-order valence-electron chi connectivity index (χ4n) is 3.45. The number of methoxy groups -OCH3 is 1. The summed E-state index contributed by atoms with van der Waals surface area (Å²) in [5, 5.41) is 14.5. The minimum Gasteiger partial charge on any atom is -0.485 e. The number of ether oxygens (including phenoxy) is 2. The smallest absolute Gasteiger partial charge is 0.131 e. The molecule has 0 radical (unpaired) electrons. The first kappa shape index (κ1) is 20.7. The summed E-state index contributed by atoms with van der Waals surface area (Å²) >= 11 is 0. The van der Waals surface area contributed by atoms with Crippen LogP contribution in [0.1, 0.15) is 31.0 Å². The minimum absolute atomic E-state index is 0. The zero-order valence-electron chi connectivity index (χ0n) is 15.5. The van der Waals surface area contributed by atoms with E-state index in [2.05, 4.69) is 17.4 Å². The molecule has 0 fully saturated rings. The molecule has 3 atom stereocenters. The Hall–Kier alpha value is -1.59. The molecule has 0 bridgehead atoms. The zero-order chi connectivity index (χ0) is 17.9. The molecular weight excluding hydrogens is 350 g/mol. The minimum atomic E-state index is -0.656. The van der Waals surface area contributed by atoms with Gasteiger partial charge >= 0.3 is 0 Å². The summed E-state index contributed by atoms with van der Waals surface area (Å²) < 4.78 is 11.4. The number of halogens is 1. The van der Waals surface area contributed by atoms with Crippen molar-refractivity contribution in [2.45, 2.75) is 44.1 Å². The molecule has 5 heteroatoms. The first-order valence-electron chi connectivity index (χ1n) is 8.76. The van der Waals surface area contributed by atoms with Gasteiger partial charge in [0.15, 0.2) is 0 Å². The number of para-hydroxylation sites is 1. The van der Waals surface area contributed by atoms with Gasteiger partial charge in [-0.3, -0.25) is 0 Å². The summed E-state index contributed by atoms with van der Waals surface area (Å²) in [6.45, 7) is 4.41. The molecular formula is C21H28ClNO3. The van der Waals surface area contributed by atoms with E-state index in [1.165, 1.54) is 5.56 Å². The van der Waals surface area contributed by atoms with E-state index in [-0.39, 0.29) is 24.5 Å². The average Bonchev–Trinajstić information content (AvgIpc) is 2.59. The van der Waals surface area contributed by atoms with Gasteiger partial charge in [-0.2, -0.15) is 0 Å². The molecule has 2 N–H and O–H groups in total. The lowest BCUT2D eigenvalue weighted by Gasteiger charge is -2.43. The van der Waals surface area contributed by atoms with Gasteiger partial charge < -0.3 is 19.9 Å². The molecule has 3 unspecified atom stereocenters. The van der Waals surface area contributed by atoms with Crippen LogP contribution in [0, 0.1) is 0 Å². The van der Waals surface area contributed by atoms with Crippen molar-refractivity contribution in [2.24, 2.45) is 0 Å². The number of benzene rings is 2. The van der Waals surface area contributed by atoms with E-state index in [0.717, 1.165) is 17.7 Å². The number of aliphatic hydroxyl groups is 1. The highest BCUT2D eigenvalue weighted by Crippen LogP contribution is 2.39. The summed E-state index contributed by atoms with van der Waals surface area (Å²) in [5.74, 6) is 0.825. The van der Waals surface area contributed by atoms with Crippen molar-refractivity contribution >= 4 is 12.4 Å². The van der Waals surface area contributed by atoms with Crippen LogP contribution in [-0.2, 0) is 11.2 Å². The first-order chi connectivity index (χ1) is 12.0. The van der Waals surface area contributed by atoms with Crippen molar-refractivity contribution in [3.8, 4) is 5.75 Å². The van der Waals surface area contributed by atoms with Gasteiger partial charge in [0.2, 0.25) is 0 Å². The molecule has 3 rings (SSSR count). The van der Waals surface area contributed by atoms with E-state index < -0.39 is 11.7 Å². The third-order valence-electron chi connectivity index (χ3n) is 4.76. The molecule has 0 saturated heterocycles. The van der Waals surface area contributed by atoms with Crippen molar-refractivity contribution < 1.29 is 14.6 Å². The van der Waals surface area contributed by atoms with Crippen LogP contribution in [0.25, 0.3) is 0 Å². The highest BCUT2D eigenvalue weighted by Gasteiger charge is 2.43. The van der Waals surface area contributed by atoms with Crippen LogP contribution in [-0.4, -0.2) is 36.6 Å². The maximum atomic E-state index is 10.9.